The van der Waals surface area contributed by atoms with Crippen LogP contribution in [0.3, 0.4) is 0 Å². The Balaban J connectivity index is 1.80. The highest BCUT2D eigenvalue weighted by Crippen LogP contribution is 2.29. The minimum absolute atomic E-state index is 0.226. The number of allylic oxidation sites excluding steroid dienone is 1. The quantitative estimate of drug-likeness (QED) is 0.0828. The van der Waals surface area contributed by atoms with E-state index in [1.165, 1.54) is 146 Å². The third-order valence-corrected chi connectivity index (χ3v) is 8.43. The Morgan fingerprint density at radius 1 is 0.744 bits per heavy atom. The summed E-state index contributed by atoms with van der Waals surface area (Å²) < 4.78 is 5.56. The lowest BCUT2D eigenvalue weighted by molar-refractivity contribution is -0.0450. The van der Waals surface area contributed by atoms with Crippen LogP contribution in [0.1, 0.15) is 175 Å². The lowest BCUT2D eigenvalue weighted by Crippen LogP contribution is -2.50. The zero-order chi connectivity index (χ0) is 28.6. The topological polar surface area (TPSA) is 70.0 Å². The van der Waals surface area contributed by atoms with Crippen LogP contribution in [-0.4, -0.2) is 45.7 Å². The van der Waals surface area contributed by atoms with Crippen molar-refractivity contribution in [1.82, 2.24) is 4.90 Å². The van der Waals surface area contributed by atoms with Crippen molar-refractivity contribution in [2.24, 2.45) is 0 Å². The lowest BCUT2D eigenvalue weighted by atomic mass is 10.0. The van der Waals surface area contributed by atoms with Gasteiger partial charge in [-0.15, -0.1) is 0 Å². The van der Waals surface area contributed by atoms with E-state index >= 15 is 0 Å². The molecule has 2 N–H and O–H groups in total. The molecule has 0 aromatic rings. The van der Waals surface area contributed by atoms with Crippen LogP contribution in [0, 0.1) is 0 Å². The summed E-state index contributed by atoms with van der Waals surface area (Å²) in [6, 6.07) is -0.539. The number of carbonyl (C=O) groups is 1. The summed E-state index contributed by atoms with van der Waals surface area (Å²) >= 11 is 0. The van der Waals surface area contributed by atoms with E-state index in [1.807, 2.05) is 6.08 Å². The van der Waals surface area contributed by atoms with Crippen molar-refractivity contribution in [3.8, 4) is 0 Å². The van der Waals surface area contributed by atoms with Gasteiger partial charge in [0.25, 0.3) is 0 Å². The number of ether oxygens (including phenoxy) is 1. The molecule has 0 aromatic heterocycles. The maximum atomic E-state index is 11.5. The maximum Gasteiger partial charge on any atom is 0.410 e. The molecule has 0 spiro atoms. The summed E-state index contributed by atoms with van der Waals surface area (Å²) in [5, 5.41) is 19.9. The molecule has 1 heterocycles. The molecule has 0 bridgehead atoms. The van der Waals surface area contributed by atoms with E-state index in [1.54, 1.807) is 19.9 Å². The number of aliphatic hydroxyl groups is 1. The van der Waals surface area contributed by atoms with Crippen LogP contribution in [0.25, 0.3) is 0 Å². The molecule has 1 aliphatic rings. The summed E-state index contributed by atoms with van der Waals surface area (Å²) in [6.45, 7) is 5.96. The molecule has 5 heteroatoms. The summed E-state index contributed by atoms with van der Waals surface area (Å²) in [7, 11) is 0. The van der Waals surface area contributed by atoms with E-state index in [-0.39, 0.29) is 6.61 Å². The monoisotopic (exact) mass is 551 g/mol. The number of hydrogen-bond donors (Lipinski definition) is 2. The molecule has 2 atom stereocenters. The van der Waals surface area contributed by atoms with Gasteiger partial charge in [-0.1, -0.05) is 160 Å². The van der Waals surface area contributed by atoms with E-state index in [9.17, 15) is 15.0 Å². The Hall–Kier alpha value is -1.07. The van der Waals surface area contributed by atoms with Crippen molar-refractivity contribution >= 4 is 6.09 Å². The minimum atomic E-state index is -1.05. The molecule has 230 valence electrons. The van der Waals surface area contributed by atoms with E-state index < -0.39 is 24.0 Å². The molecular weight excluding hydrogens is 486 g/mol. The van der Waals surface area contributed by atoms with Gasteiger partial charge >= 0.3 is 6.09 Å². The fourth-order valence-electron chi connectivity index (χ4n) is 5.87. The van der Waals surface area contributed by atoms with Gasteiger partial charge in [-0.05, 0) is 26.7 Å². The molecule has 1 saturated heterocycles. The number of rotatable bonds is 26. The summed E-state index contributed by atoms with van der Waals surface area (Å²) in [6.07, 6.45) is 34.9. The first-order valence-electron chi connectivity index (χ1n) is 16.9. The SMILES string of the molecule is CCCCCCCCCCCCCCCCCCCCCCCCC/C=C/[C@@H](O)[C@@H]1COC(C)(C)N1C(=O)O. The van der Waals surface area contributed by atoms with Crippen molar-refractivity contribution in [3.63, 3.8) is 0 Å². The fraction of sp³-hybridized carbons (Fsp3) is 0.912. The predicted molar refractivity (Wildman–Crippen MR) is 165 cm³/mol. The Morgan fingerprint density at radius 3 is 1.46 bits per heavy atom. The molecule has 0 aromatic carbocycles. The smallest absolute Gasteiger partial charge is 0.410 e. The first-order chi connectivity index (χ1) is 18.9. The number of unbranched alkanes of at least 4 members (excludes halogenated alkanes) is 23. The Labute approximate surface area is 242 Å². The third-order valence-electron chi connectivity index (χ3n) is 8.43. The van der Waals surface area contributed by atoms with Crippen molar-refractivity contribution in [3.05, 3.63) is 12.2 Å². The highest BCUT2D eigenvalue weighted by atomic mass is 16.5. The van der Waals surface area contributed by atoms with E-state index in [2.05, 4.69) is 6.92 Å². The Morgan fingerprint density at radius 2 is 1.10 bits per heavy atom. The second-order valence-electron chi connectivity index (χ2n) is 12.5. The van der Waals surface area contributed by atoms with Crippen LogP contribution in [0.2, 0.25) is 0 Å². The maximum absolute atomic E-state index is 11.5. The van der Waals surface area contributed by atoms with Gasteiger partial charge in [-0.2, -0.15) is 0 Å². The molecule has 1 fully saturated rings. The van der Waals surface area contributed by atoms with Crippen LogP contribution < -0.4 is 0 Å². The lowest BCUT2D eigenvalue weighted by Gasteiger charge is -2.32. The highest BCUT2D eigenvalue weighted by molar-refractivity contribution is 5.67. The average molecular weight is 552 g/mol. The first kappa shape index (κ1) is 36.0. The van der Waals surface area contributed by atoms with E-state index in [0.29, 0.717) is 0 Å². The van der Waals surface area contributed by atoms with E-state index in [0.717, 1.165) is 12.8 Å². The molecular formula is C34H65NO4. The van der Waals surface area contributed by atoms with Crippen molar-refractivity contribution < 1.29 is 19.7 Å². The minimum Gasteiger partial charge on any atom is -0.465 e. The molecule has 39 heavy (non-hydrogen) atoms. The molecule has 1 amide bonds. The highest BCUT2D eigenvalue weighted by Gasteiger charge is 2.46. The molecule has 5 nitrogen and oxygen atoms in total. The van der Waals surface area contributed by atoms with Crippen molar-refractivity contribution in [2.45, 2.75) is 193 Å². The molecule has 0 unspecified atom stereocenters. The molecule has 1 aliphatic heterocycles. The van der Waals surface area contributed by atoms with Crippen LogP contribution >= 0.6 is 0 Å². The molecule has 0 saturated carbocycles. The van der Waals surface area contributed by atoms with Gasteiger partial charge in [0, 0.05) is 0 Å². The summed E-state index contributed by atoms with van der Waals surface area (Å²) in [5.41, 5.74) is -0.892. The van der Waals surface area contributed by atoms with E-state index in [4.69, 9.17) is 4.74 Å². The van der Waals surface area contributed by atoms with Crippen LogP contribution in [0.5, 0.6) is 0 Å². The number of hydrogen-bond acceptors (Lipinski definition) is 3. The number of amides is 1. The zero-order valence-electron chi connectivity index (χ0n) is 26.1. The average Bonchev–Trinajstić information content (AvgIpc) is 3.23. The summed E-state index contributed by atoms with van der Waals surface area (Å²) in [5.74, 6) is 0. The van der Waals surface area contributed by atoms with Gasteiger partial charge in [0.2, 0.25) is 0 Å². The van der Waals surface area contributed by atoms with Gasteiger partial charge in [0.15, 0.2) is 0 Å². The first-order valence-corrected chi connectivity index (χ1v) is 16.9. The predicted octanol–water partition coefficient (Wildman–Crippen LogP) is 10.4. The largest absolute Gasteiger partial charge is 0.465 e. The molecule has 0 radical (unpaired) electrons. The van der Waals surface area contributed by atoms with Crippen LogP contribution in [-0.2, 0) is 4.74 Å². The normalized spacial score (nSPS) is 17.8. The summed E-state index contributed by atoms with van der Waals surface area (Å²) in [4.78, 5) is 12.8. The zero-order valence-corrected chi connectivity index (χ0v) is 26.1. The van der Waals surface area contributed by atoms with Crippen LogP contribution in [0.15, 0.2) is 12.2 Å². The van der Waals surface area contributed by atoms with Crippen molar-refractivity contribution in [2.75, 3.05) is 6.61 Å². The van der Waals surface area contributed by atoms with Gasteiger partial charge < -0.3 is 14.9 Å². The Bertz CT molecular complexity index is 606. The van der Waals surface area contributed by atoms with Crippen LogP contribution in [0.4, 0.5) is 4.79 Å². The van der Waals surface area contributed by atoms with Gasteiger partial charge in [-0.3, -0.25) is 4.90 Å². The van der Waals surface area contributed by atoms with Gasteiger partial charge in [-0.25, -0.2) is 4.79 Å². The fourth-order valence-corrected chi connectivity index (χ4v) is 5.87. The standard InChI is InChI=1S/C34H65NO4/c1-4-5-6-7-8-9-10-11-12-13-14-15-16-17-18-19-20-21-22-23-24-25-26-27-28-29-32(36)31-30-39-34(2,3)35(31)33(37)38/h28-29,31-32,36H,4-27,30H2,1-3H3,(H,37,38)/b29-28+/t31-,32+/m0/s1. The van der Waals surface area contributed by atoms with Gasteiger partial charge in [0.05, 0.1) is 18.8 Å². The second-order valence-corrected chi connectivity index (χ2v) is 12.5. The number of aliphatic hydroxyl groups excluding tert-OH is 1. The second kappa shape index (κ2) is 23.6. The number of nitrogens with zero attached hydrogens (tertiary/aromatic N) is 1. The number of carboxylic acid groups (broad SMARTS) is 1. The third kappa shape index (κ3) is 18.1. The van der Waals surface area contributed by atoms with Crippen molar-refractivity contribution in [1.29, 1.82) is 0 Å². The van der Waals surface area contributed by atoms with Gasteiger partial charge in [0.1, 0.15) is 5.72 Å². The Kier molecular flexibility index (Phi) is 21.8. The molecule has 0 aliphatic carbocycles. The molecule has 1 rings (SSSR count).